The first-order chi connectivity index (χ1) is 21.2. The van der Waals surface area contributed by atoms with Crippen LogP contribution < -0.4 is 15.1 Å². The number of benzene rings is 4. The second kappa shape index (κ2) is 11.4. The zero-order valence-electron chi connectivity index (χ0n) is 22.5. The minimum Gasteiger partial charge on any atom is -0.324 e. The summed E-state index contributed by atoms with van der Waals surface area (Å²) in [5.74, 6) is -2.84. The fourth-order valence-corrected chi connectivity index (χ4v) is 9.18. The molecule has 1 saturated heterocycles. The average Bonchev–Trinajstić information content (AvgIpc) is 3.45. The van der Waals surface area contributed by atoms with Crippen LogP contribution in [0.2, 0.25) is 15.1 Å². The molecule has 44 heavy (non-hydrogen) atoms. The van der Waals surface area contributed by atoms with E-state index in [9.17, 15) is 19.2 Å². The SMILES string of the molecule is O=C(Cn1c2c(sc1=O)C(c1cccc(Cl)c1Cl)C1C(=O)N(c3ccc(Cl)cc3)C(=O)C1S2)Nc1cccc2ccccc12. The van der Waals surface area contributed by atoms with Gasteiger partial charge in [-0.25, -0.2) is 4.90 Å². The number of carbonyl (C=O) groups is 3. The molecule has 2 aliphatic rings. The number of amides is 3. The van der Waals surface area contributed by atoms with Gasteiger partial charge >= 0.3 is 4.87 Å². The third-order valence-electron chi connectivity index (χ3n) is 7.82. The number of anilines is 2. The van der Waals surface area contributed by atoms with Crippen molar-refractivity contribution in [3.63, 3.8) is 0 Å². The molecule has 0 aliphatic carbocycles. The first-order valence-corrected chi connectivity index (χ1v) is 16.3. The van der Waals surface area contributed by atoms with Crippen LogP contribution in [0.5, 0.6) is 0 Å². The fraction of sp³-hybridized carbons (Fsp3) is 0.125. The van der Waals surface area contributed by atoms with Gasteiger partial charge in [0.15, 0.2) is 0 Å². The standard InChI is InChI=1S/C32H20Cl3N3O4S2/c33-17-11-13-18(14-12-17)38-29(40)25-24(20-8-4-9-21(34)26(20)35)28-31(43-27(25)30(38)41)37(32(42)44-28)15-23(39)36-22-10-3-6-16-5-1-2-7-19(16)22/h1-14,24-25,27H,15H2,(H,36,39). The fourth-order valence-electron chi connectivity index (χ4n) is 5.86. The van der Waals surface area contributed by atoms with E-state index in [2.05, 4.69) is 5.32 Å². The van der Waals surface area contributed by atoms with Gasteiger partial charge in [0.1, 0.15) is 11.8 Å². The van der Waals surface area contributed by atoms with E-state index in [4.69, 9.17) is 34.8 Å². The Balaban J connectivity index is 1.30. The number of imide groups is 1. The van der Waals surface area contributed by atoms with Crippen molar-refractivity contribution in [3.8, 4) is 0 Å². The molecule has 3 heterocycles. The summed E-state index contributed by atoms with van der Waals surface area (Å²) in [6, 6.07) is 24.8. The minimum absolute atomic E-state index is 0.238. The maximum absolute atomic E-state index is 14.0. The van der Waals surface area contributed by atoms with Crippen molar-refractivity contribution >= 4 is 97.8 Å². The van der Waals surface area contributed by atoms with Gasteiger partial charge in [-0.1, -0.05) is 106 Å². The summed E-state index contributed by atoms with van der Waals surface area (Å²) in [6.07, 6.45) is 0. The number of nitrogens with zero attached hydrogens (tertiary/aromatic N) is 2. The molecule has 1 N–H and O–H groups in total. The molecule has 1 fully saturated rings. The van der Waals surface area contributed by atoms with E-state index >= 15 is 0 Å². The molecule has 0 spiro atoms. The van der Waals surface area contributed by atoms with Crippen LogP contribution in [0.3, 0.4) is 0 Å². The van der Waals surface area contributed by atoms with Crippen LogP contribution in [-0.2, 0) is 20.9 Å². The molecule has 0 saturated carbocycles. The number of hydrogen-bond donors (Lipinski definition) is 1. The lowest BCUT2D eigenvalue weighted by Gasteiger charge is -2.31. The summed E-state index contributed by atoms with van der Waals surface area (Å²) in [7, 11) is 0. The van der Waals surface area contributed by atoms with E-state index in [1.54, 1.807) is 48.5 Å². The molecular weight excluding hydrogens is 661 g/mol. The Kier molecular flexibility index (Phi) is 7.54. The molecule has 7 rings (SSSR count). The van der Waals surface area contributed by atoms with E-state index in [-0.39, 0.29) is 21.5 Å². The van der Waals surface area contributed by atoms with Gasteiger partial charge in [0, 0.05) is 26.9 Å². The highest BCUT2D eigenvalue weighted by Crippen LogP contribution is 2.55. The van der Waals surface area contributed by atoms with Crippen molar-refractivity contribution in [2.45, 2.75) is 22.7 Å². The number of fused-ring (bicyclic) bond motifs is 3. The molecule has 7 nitrogen and oxygen atoms in total. The lowest BCUT2D eigenvalue weighted by molar-refractivity contribution is -0.122. The molecule has 12 heteroatoms. The number of hydrogen-bond acceptors (Lipinski definition) is 6. The third-order valence-corrected chi connectivity index (χ3v) is 11.5. The van der Waals surface area contributed by atoms with Gasteiger partial charge in [0.2, 0.25) is 17.7 Å². The van der Waals surface area contributed by atoms with Gasteiger partial charge in [-0.2, -0.15) is 0 Å². The predicted octanol–water partition coefficient (Wildman–Crippen LogP) is 7.46. The van der Waals surface area contributed by atoms with Crippen LogP contribution in [-0.4, -0.2) is 27.5 Å². The third kappa shape index (κ3) is 4.83. The highest BCUT2D eigenvalue weighted by molar-refractivity contribution is 8.00. The highest BCUT2D eigenvalue weighted by atomic mass is 35.5. The topological polar surface area (TPSA) is 88.5 Å². The predicted molar refractivity (Wildman–Crippen MR) is 177 cm³/mol. The van der Waals surface area contributed by atoms with E-state index < -0.39 is 34.8 Å². The van der Waals surface area contributed by atoms with E-state index in [0.717, 1.165) is 38.8 Å². The minimum atomic E-state index is -0.868. The molecule has 3 amide bonds. The Hall–Kier alpha value is -3.60. The summed E-state index contributed by atoms with van der Waals surface area (Å²) < 4.78 is 1.37. The number of thioether (sulfide) groups is 1. The van der Waals surface area contributed by atoms with Crippen LogP contribution >= 0.6 is 57.9 Å². The molecule has 5 aromatic rings. The van der Waals surface area contributed by atoms with Crippen molar-refractivity contribution in [1.82, 2.24) is 4.57 Å². The van der Waals surface area contributed by atoms with Gasteiger partial charge in [0.25, 0.3) is 0 Å². The molecular formula is C32H20Cl3N3O4S2. The Morgan fingerprint density at radius 1 is 0.841 bits per heavy atom. The number of halogens is 3. The van der Waals surface area contributed by atoms with Crippen molar-refractivity contribution in [2.75, 3.05) is 10.2 Å². The molecule has 4 aromatic carbocycles. The number of rotatable bonds is 5. The summed E-state index contributed by atoms with van der Waals surface area (Å²) in [5.41, 5.74) is 1.55. The van der Waals surface area contributed by atoms with Gasteiger partial charge in [0.05, 0.1) is 26.7 Å². The molecule has 3 atom stereocenters. The largest absolute Gasteiger partial charge is 0.324 e. The zero-order valence-corrected chi connectivity index (χ0v) is 26.4. The van der Waals surface area contributed by atoms with Crippen LogP contribution in [0, 0.1) is 5.92 Å². The number of thiazole rings is 1. The van der Waals surface area contributed by atoms with E-state index in [1.807, 2.05) is 36.4 Å². The Morgan fingerprint density at radius 2 is 1.57 bits per heavy atom. The van der Waals surface area contributed by atoms with Crippen LogP contribution in [0.1, 0.15) is 16.4 Å². The van der Waals surface area contributed by atoms with Crippen molar-refractivity contribution in [1.29, 1.82) is 0 Å². The van der Waals surface area contributed by atoms with Crippen LogP contribution in [0.15, 0.2) is 94.7 Å². The Bertz CT molecular complexity index is 2060. The lowest BCUT2D eigenvalue weighted by atomic mass is 9.83. The molecule has 0 radical (unpaired) electrons. The maximum atomic E-state index is 14.0. The van der Waals surface area contributed by atoms with E-state index in [0.29, 0.717) is 31.9 Å². The molecule has 2 aliphatic heterocycles. The van der Waals surface area contributed by atoms with Crippen LogP contribution in [0.4, 0.5) is 11.4 Å². The van der Waals surface area contributed by atoms with Gasteiger partial charge < -0.3 is 5.32 Å². The highest BCUT2D eigenvalue weighted by Gasteiger charge is 2.57. The van der Waals surface area contributed by atoms with Crippen LogP contribution in [0.25, 0.3) is 10.8 Å². The number of aromatic nitrogens is 1. The Morgan fingerprint density at radius 3 is 2.36 bits per heavy atom. The second-order valence-corrected chi connectivity index (χ2v) is 13.7. The Labute approximate surface area is 274 Å². The van der Waals surface area contributed by atoms with Gasteiger partial charge in [-0.15, -0.1) is 0 Å². The quantitative estimate of drug-likeness (QED) is 0.195. The first-order valence-electron chi connectivity index (χ1n) is 13.5. The first kappa shape index (κ1) is 29.1. The monoisotopic (exact) mass is 679 g/mol. The summed E-state index contributed by atoms with van der Waals surface area (Å²) >= 11 is 21.2. The smallest absolute Gasteiger partial charge is 0.308 e. The average molecular weight is 681 g/mol. The van der Waals surface area contributed by atoms with Crippen molar-refractivity contribution in [3.05, 3.63) is 120 Å². The summed E-state index contributed by atoms with van der Waals surface area (Å²) in [4.78, 5) is 56.1. The number of nitrogens with one attached hydrogen (secondary N) is 1. The summed E-state index contributed by atoms with van der Waals surface area (Å²) in [5, 5.41) is 5.34. The van der Waals surface area contributed by atoms with Crippen molar-refractivity contribution < 1.29 is 14.4 Å². The molecule has 0 bridgehead atoms. The zero-order chi connectivity index (χ0) is 30.7. The van der Waals surface area contributed by atoms with Gasteiger partial charge in [-0.3, -0.25) is 23.7 Å². The molecule has 1 aromatic heterocycles. The molecule has 220 valence electrons. The summed E-state index contributed by atoms with van der Waals surface area (Å²) in [6.45, 7) is -0.280. The normalized spacial score (nSPS) is 19.2. The maximum Gasteiger partial charge on any atom is 0.308 e. The molecule has 3 unspecified atom stereocenters. The second-order valence-electron chi connectivity index (χ2n) is 10.4. The van der Waals surface area contributed by atoms with E-state index in [1.165, 1.54) is 4.57 Å². The number of carbonyl (C=O) groups excluding carboxylic acids is 3. The lowest BCUT2D eigenvalue weighted by Crippen LogP contribution is -2.33. The van der Waals surface area contributed by atoms with Crippen molar-refractivity contribution in [2.24, 2.45) is 5.92 Å². The van der Waals surface area contributed by atoms with Gasteiger partial charge in [-0.05, 0) is 47.3 Å².